The molecule has 0 spiro atoms. The molecule has 0 aliphatic carbocycles. The largest absolute Gasteiger partial charge is 0.504 e. The molecule has 0 aliphatic heterocycles. The fourth-order valence-corrected chi connectivity index (χ4v) is 2.20. The van der Waals surface area contributed by atoms with Crippen molar-refractivity contribution in [3.05, 3.63) is 59.7 Å². The normalized spacial score (nSPS) is 12.5. The SMILES string of the molecule is COc1cc(/C=C/C(O)CC(=O)/C=C/c2ccc(O)c(O)c2)ccc1O. The number of carbonyl (C=O) groups excluding carboxylic acids is 1. The van der Waals surface area contributed by atoms with Gasteiger partial charge < -0.3 is 25.2 Å². The van der Waals surface area contributed by atoms with Crippen molar-refractivity contribution in [3.63, 3.8) is 0 Å². The van der Waals surface area contributed by atoms with Crippen LogP contribution in [0.1, 0.15) is 17.5 Å². The number of phenols is 3. The van der Waals surface area contributed by atoms with Gasteiger partial charge in [0.15, 0.2) is 28.8 Å². The second kappa shape index (κ2) is 8.73. The van der Waals surface area contributed by atoms with Crippen molar-refractivity contribution < 1.29 is 30.0 Å². The number of rotatable bonds is 7. The summed E-state index contributed by atoms with van der Waals surface area (Å²) in [4.78, 5) is 11.9. The molecular formula is C20H20O6. The van der Waals surface area contributed by atoms with Gasteiger partial charge in [-0.3, -0.25) is 4.79 Å². The number of benzene rings is 2. The molecule has 2 aromatic carbocycles. The van der Waals surface area contributed by atoms with Crippen molar-refractivity contribution in [1.29, 1.82) is 0 Å². The van der Waals surface area contributed by atoms with Gasteiger partial charge in [-0.15, -0.1) is 0 Å². The van der Waals surface area contributed by atoms with Crippen LogP contribution in [0.5, 0.6) is 23.0 Å². The summed E-state index contributed by atoms with van der Waals surface area (Å²) < 4.78 is 5.00. The number of carbonyl (C=O) groups is 1. The first-order chi connectivity index (χ1) is 12.4. The number of methoxy groups -OCH3 is 1. The average Bonchev–Trinajstić information content (AvgIpc) is 2.62. The first-order valence-corrected chi connectivity index (χ1v) is 7.85. The lowest BCUT2D eigenvalue weighted by atomic mass is 10.1. The molecule has 0 aromatic heterocycles. The van der Waals surface area contributed by atoms with Crippen LogP contribution in [0.25, 0.3) is 12.2 Å². The molecule has 26 heavy (non-hydrogen) atoms. The number of hydrogen-bond donors (Lipinski definition) is 4. The molecule has 0 heterocycles. The van der Waals surface area contributed by atoms with E-state index >= 15 is 0 Å². The Morgan fingerprint density at radius 3 is 2.31 bits per heavy atom. The lowest BCUT2D eigenvalue weighted by molar-refractivity contribution is -0.115. The molecule has 6 nitrogen and oxygen atoms in total. The highest BCUT2D eigenvalue weighted by Crippen LogP contribution is 2.27. The summed E-state index contributed by atoms with van der Waals surface area (Å²) in [5.41, 5.74) is 1.26. The Morgan fingerprint density at radius 2 is 1.65 bits per heavy atom. The third-order valence-corrected chi connectivity index (χ3v) is 3.59. The van der Waals surface area contributed by atoms with E-state index in [1.165, 1.54) is 43.5 Å². The number of ether oxygens (including phenoxy) is 1. The Morgan fingerprint density at radius 1 is 1.00 bits per heavy atom. The summed E-state index contributed by atoms with van der Waals surface area (Å²) in [6, 6.07) is 8.94. The molecule has 1 atom stereocenters. The molecule has 2 aromatic rings. The van der Waals surface area contributed by atoms with Gasteiger partial charge in [-0.2, -0.15) is 0 Å². The van der Waals surface area contributed by atoms with Crippen LogP contribution in [0, 0.1) is 0 Å². The van der Waals surface area contributed by atoms with Gasteiger partial charge in [-0.25, -0.2) is 0 Å². The van der Waals surface area contributed by atoms with Crippen LogP contribution in [0.15, 0.2) is 48.6 Å². The molecule has 0 amide bonds. The molecule has 0 bridgehead atoms. The van der Waals surface area contributed by atoms with E-state index in [1.807, 2.05) is 0 Å². The van der Waals surface area contributed by atoms with Crippen molar-refractivity contribution in [3.8, 4) is 23.0 Å². The lowest BCUT2D eigenvalue weighted by Gasteiger charge is -2.05. The minimum Gasteiger partial charge on any atom is -0.504 e. The van der Waals surface area contributed by atoms with Gasteiger partial charge in [-0.05, 0) is 41.5 Å². The van der Waals surface area contributed by atoms with E-state index in [0.717, 1.165) is 0 Å². The maximum atomic E-state index is 11.9. The summed E-state index contributed by atoms with van der Waals surface area (Å²) in [5, 5.41) is 38.1. The first-order valence-electron chi connectivity index (χ1n) is 7.85. The van der Waals surface area contributed by atoms with Crippen LogP contribution in [0.3, 0.4) is 0 Å². The molecular weight excluding hydrogens is 336 g/mol. The Hall–Kier alpha value is -3.25. The van der Waals surface area contributed by atoms with Crippen molar-refractivity contribution >= 4 is 17.9 Å². The highest BCUT2D eigenvalue weighted by Gasteiger charge is 2.06. The Kier molecular flexibility index (Phi) is 6.41. The van der Waals surface area contributed by atoms with E-state index in [0.29, 0.717) is 16.9 Å². The lowest BCUT2D eigenvalue weighted by Crippen LogP contribution is -2.08. The van der Waals surface area contributed by atoms with Gasteiger partial charge in [0.2, 0.25) is 0 Å². The molecule has 0 aliphatic rings. The monoisotopic (exact) mass is 356 g/mol. The number of hydrogen-bond acceptors (Lipinski definition) is 6. The first kappa shape index (κ1) is 19.1. The molecule has 0 radical (unpaired) electrons. The average molecular weight is 356 g/mol. The van der Waals surface area contributed by atoms with Gasteiger partial charge in [0.1, 0.15) is 0 Å². The predicted molar refractivity (Wildman–Crippen MR) is 98.1 cm³/mol. The minimum absolute atomic E-state index is 0.0192. The topological polar surface area (TPSA) is 107 Å². The van der Waals surface area contributed by atoms with E-state index in [1.54, 1.807) is 24.3 Å². The third kappa shape index (κ3) is 5.39. The quantitative estimate of drug-likeness (QED) is 0.449. The van der Waals surface area contributed by atoms with Crippen LogP contribution < -0.4 is 4.74 Å². The summed E-state index contributed by atoms with van der Waals surface area (Å²) >= 11 is 0. The van der Waals surface area contributed by atoms with Gasteiger partial charge in [0, 0.05) is 6.42 Å². The van der Waals surface area contributed by atoms with E-state index < -0.39 is 6.10 Å². The highest BCUT2D eigenvalue weighted by molar-refractivity contribution is 5.94. The van der Waals surface area contributed by atoms with E-state index in [4.69, 9.17) is 4.74 Å². The zero-order valence-corrected chi connectivity index (χ0v) is 14.2. The molecule has 0 saturated carbocycles. The van der Waals surface area contributed by atoms with Crippen LogP contribution >= 0.6 is 0 Å². The molecule has 1 unspecified atom stereocenters. The number of ketones is 1. The van der Waals surface area contributed by atoms with Crippen LogP contribution in [-0.4, -0.2) is 39.4 Å². The van der Waals surface area contributed by atoms with Crippen LogP contribution in [-0.2, 0) is 4.79 Å². The van der Waals surface area contributed by atoms with Crippen LogP contribution in [0.4, 0.5) is 0 Å². The highest BCUT2D eigenvalue weighted by atomic mass is 16.5. The van der Waals surface area contributed by atoms with Crippen molar-refractivity contribution in [2.75, 3.05) is 7.11 Å². The molecule has 0 fully saturated rings. The van der Waals surface area contributed by atoms with Gasteiger partial charge in [-0.1, -0.05) is 30.4 Å². The Labute approximate surface area is 150 Å². The number of aromatic hydroxyl groups is 3. The Balaban J connectivity index is 1.94. The molecule has 136 valence electrons. The van der Waals surface area contributed by atoms with Crippen LogP contribution in [0.2, 0.25) is 0 Å². The van der Waals surface area contributed by atoms with Crippen molar-refractivity contribution in [1.82, 2.24) is 0 Å². The molecule has 2 rings (SSSR count). The molecule has 4 N–H and O–H groups in total. The van der Waals surface area contributed by atoms with Crippen molar-refractivity contribution in [2.24, 2.45) is 0 Å². The zero-order chi connectivity index (χ0) is 19.1. The van der Waals surface area contributed by atoms with Gasteiger partial charge in [0.05, 0.1) is 13.2 Å². The van der Waals surface area contributed by atoms with Gasteiger partial charge >= 0.3 is 0 Å². The predicted octanol–water partition coefficient (Wildman–Crippen LogP) is 2.86. The number of aliphatic hydroxyl groups is 1. The molecule has 0 saturated heterocycles. The molecule has 6 heteroatoms. The number of phenolic OH excluding ortho intramolecular Hbond substituents is 3. The summed E-state index contributed by atoms with van der Waals surface area (Å²) in [6.45, 7) is 0. The fourth-order valence-electron chi connectivity index (χ4n) is 2.20. The fraction of sp³-hybridized carbons (Fsp3) is 0.150. The smallest absolute Gasteiger partial charge is 0.161 e. The summed E-state index contributed by atoms with van der Waals surface area (Å²) in [5.74, 6) is -0.464. The zero-order valence-electron chi connectivity index (χ0n) is 14.2. The minimum atomic E-state index is -0.972. The summed E-state index contributed by atoms with van der Waals surface area (Å²) in [7, 11) is 1.44. The van der Waals surface area contributed by atoms with E-state index in [2.05, 4.69) is 0 Å². The maximum Gasteiger partial charge on any atom is 0.161 e. The van der Waals surface area contributed by atoms with E-state index in [9.17, 15) is 25.2 Å². The maximum absolute atomic E-state index is 11.9. The van der Waals surface area contributed by atoms with E-state index in [-0.39, 0.29) is 29.5 Å². The second-order valence-electron chi connectivity index (χ2n) is 5.61. The standard InChI is InChI=1S/C20H20O6/c1-26-20-11-14(5-9-18(20)24)3-7-16(22)12-15(21)6-2-13-4-8-17(23)19(25)10-13/h2-11,16,22-25H,12H2,1H3/b6-2+,7-3+. The third-order valence-electron chi connectivity index (χ3n) is 3.59. The number of aliphatic hydroxyl groups excluding tert-OH is 1. The summed E-state index contributed by atoms with van der Waals surface area (Å²) in [6.07, 6.45) is 4.81. The second-order valence-corrected chi connectivity index (χ2v) is 5.61. The number of allylic oxidation sites excluding steroid dienone is 1. The van der Waals surface area contributed by atoms with Gasteiger partial charge in [0.25, 0.3) is 0 Å². The van der Waals surface area contributed by atoms with Crippen molar-refractivity contribution in [2.45, 2.75) is 12.5 Å². The Bertz CT molecular complexity index is 838.